The molecule has 212 valence electrons. The van der Waals surface area contributed by atoms with E-state index < -0.39 is 0 Å². The van der Waals surface area contributed by atoms with E-state index in [2.05, 4.69) is 34.7 Å². The van der Waals surface area contributed by atoms with E-state index in [-0.39, 0.29) is 12.2 Å². The number of aliphatic hydroxyl groups excluding tert-OH is 2. The molecule has 7 N–H and O–H groups in total. The number of aliphatic hydroxyl groups is 2. The van der Waals surface area contributed by atoms with Gasteiger partial charge in [-0.25, -0.2) is 0 Å². The molecule has 0 heterocycles. The molecule has 7 nitrogen and oxygen atoms in total. The molecule has 7 heteroatoms. The van der Waals surface area contributed by atoms with Gasteiger partial charge >= 0.3 is 0 Å². The molecule has 0 fully saturated rings. The van der Waals surface area contributed by atoms with Crippen molar-refractivity contribution in [3.8, 4) is 0 Å². The quantitative estimate of drug-likeness (QED) is 0.0874. The fraction of sp³-hybridized carbons (Fsp3) is 1.00. The number of nitrogens with two attached hydrogens (primary N) is 1. The molecule has 0 bridgehead atoms. The average molecular weight is 502 g/mol. The number of unbranched alkanes of at least 4 members (excludes halogenated alkanes) is 10. The van der Waals surface area contributed by atoms with Crippen molar-refractivity contribution in [2.24, 2.45) is 5.73 Å². The van der Waals surface area contributed by atoms with Crippen molar-refractivity contribution in [3.63, 3.8) is 0 Å². The van der Waals surface area contributed by atoms with Gasteiger partial charge in [0, 0.05) is 65.4 Å². The van der Waals surface area contributed by atoms with Gasteiger partial charge in [0.15, 0.2) is 0 Å². The Hall–Kier alpha value is -0.280. The first-order valence-electron chi connectivity index (χ1n) is 15.0. The van der Waals surface area contributed by atoms with Gasteiger partial charge in [0.25, 0.3) is 0 Å². The minimum absolute atomic E-state index is 0.301. The first-order valence-corrected chi connectivity index (χ1v) is 15.0. The largest absolute Gasteiger partial charge is 0.392 e. The van der Waals surface area contributed by atoms with Crippen molar-refractivity contribution in [2.45, 2.75) is 116 Å². The fourth-order valence-electron chi connectivity index (χ4n) is 4.42. The molecule has 0 spiro atoms. The molecule has 0 aliphatic carbocycles. The molecule has 0 saturated carbocycles. The Balaban J connectivity index is 4.17. The van der Waals surface area contributed by atoms with Crippen LogP contribution in [0.15, 0.2) is 0 Å². The van der Waals surface area contributed by atoms with Crippen LogP contribution in [0.1, 0.15) is 104 Å². The number of nitrogens with one attached hydrogen (secondary N) is 3. The molecule has 0 rings (SSSR count). The van der Waals surface area contributed by atoms with E-state index in [9.17, 15) is 10.2 Å². The predicted octanol–water partition coefficient (Wildman–Crippen LogP) is 3.24. The summed E-state index contributed by atoms with van der Waals surface area (Å²) in [6, 6.07) is 0. The maximum Gasteiger partial charge on any atom is 0.0667 e. The van der Waals surface area contributed by atoms with Gasteiger partial charge in [-0.2, -0.15) is 0 Å². The van der Waals surface area contributed by atoms with Crippen LogP contribution in [-0.2, 0) is 0 Å². The lowest BCUT2D eigenvalue weighted by atomic mass is 10.1. The monoisotopic (exact) mass is 501 g/mol. The van der Waals surface area contributed by atoms with Crippen molar-refractivity contribution in [2.75, 3.05) is 65.4 Å². The summed E-state index contributed by atoms with van der Waals surface area (Å²) >= 11 is 0. The number of hydrogen-bond acceptors (Lipinski definition) is 7. The molecular weight excluding hydrogens is 438 g/mol. The van der Waals surface area contributed by atoms with Gasteiger partial charge in [0.1, 0.15) is 0 Å². The number of nitrogens with zero attached hydrogens (tertiary/aromatic N) is 1. The summed E-state index contributed by atoms with van der Waals surface area (Å²) in [5.74, 6) is 0. The van der Waals surface area contributed by atoms with Crippen LogP contribution in [0.25, 0.3) is 0 Å². The molecule has 0 aromatic rings. The van der Waals surface area contributed by atoms with Crippen LogP contribution in [-0.4, -0.2) is 92.8 Å². The molecule has 0 radical (unpaired) electrons. The highest BCUT2D eigenvalue weighted by Crippen LogP contribution is 2.12. The van der Waals surface area contributed by atoms with Gasteiger partial charge in [-0.05, 0) is 12.8 Å². The molecule has 0 aliphatic heterocycles. The lowest BCUT2D eigenvalue weighted by Gasteiger charge is -2.27. The van der Waals surface area contributed by atoms with E-state index in [1.54, 1.807) is 0 Å². The summed E-state index contributed by atoms with van der Waals surface area (Å²) in [5.41, 5.74) is 5.47. The second kappa shape index (κ2) is 28.3. The molecule has 2 unspecified atom stereocenters. The Kier molecular flexibility index (Phi) is 28.1. The Labute approximate surface area is 218 Å². The summed E-state index contributed by atoms with van der Waals surface area (Å²) < 4.78 is 0. The number of rotatable bonds is 29. The third-order valence-corrected chi connectivity index (χ3v) is 6.60. The van der Waals surface area contributed by atoms with Gasteiger partial charge in [0.2, 0.25) is 0 Å². The molecule has 0 aliphatic rings. The van der Waals surface area contributed by atoms with Crippen LogP contribution >= 0.6 is 0 Å². The van der Waals surface area contributed by atoms with Crippen molar-refractivity contribution in [1.82, 2.24) is 20.9 Å². The van der Waals surface area contributed by atoms with Crippen LogP contribution in [0.5, 0.6) is 0 Å². The zero-order chi connectivity index (χ0) is 25.8. The lowest BCUT2D eigenvalue weighted by molar-refractivity contribution is 0.0611. The first-order chi connectivity index (χ1) is 17.1. The summed E-state index contributed by atoms with van der Waals surface area (Å²) in [6.07, 6.45) is 16.1. The molecular formula is C28H63N5O2. The average Bonchev–Trinajstić information content (AvgIpc) is 2.84. The Morgan fingerprint density at radius 2 is 0.971 bits per heavy atom. The first kappa shape index (κ1) is 34.7. The van der Waals surface area contributed by atoms with Crippen LogP contribution in [0, 0.1) is 0 Å². The van der Waals surface area contributed by atoms with Crippen molar-refractivity contribution in [1.29, 1.82) is 0 Å². The lowest BCUT2D eigenvalue weighted by Crippen LogP contribution is -2.42. The molecule has 0 aromatic carbocycles. The molecule has 0 amide bonds. The Morgan fingerprint density at radius 1 is 0.571 bits per heavy atom. The van der Waals surface area contributed by atoms with Crippen LogP contribution < -0.4 is 21.7 Å². The molecule has 0 saturated heterocycles. The standard InChI is InChI=1S/C28H63N5O2/c1-3-5-7-9-11-13-15-27(34)25-33(26-28(35)16-14-12-10-8-6-4-2)24-23-32-22-21-31-20-19-30-18-17-29/h27-28,30-32,34-35H,3-26,29H2,1-2H3. The van der Waals surface area contributed by atoms with E-state index in [4.69, 9.17) is 5.73 Å². The van der Waals surface area contributed by atoms with Crippen LogP contribution in [0.2, 0.25) is 0 Å². The van der Waals surface area contributed by atoms with Crippen LogP contribution in [0.3, 0.4) is 0 Å². The summed E-state index contributed by atoms with van der Waals surface area (Å²) in [6.45, 7) is 12.8. The van der Waals surface area contributed by atoms with E-state index in [1.807, 2.05) is 0 Å². The highest BCUT2D eigenvalue weighted by molar-refractivity contribution is 4.71. The predicted molar refractivity (Wildman–Crippen MR) is 152 cm³/mol. The van der Waals surface area contributed by atoms with Crippen molar-refractivity contribution in [3.05, 3.63) is 0 Å². The van der Waals surface area contributed by atoms with Gasteiger partial charge in [0.05, 0.1) is 12.2 Å². The second-order valence-corrected chi connectivity index (χ2v) is 10.2. The van der Waals surface area contributed by atoms with E-state index in [0.717, 1.165) is 71.5 Å². The molecule has 2 atom stereocenters. The minimum atomic E-state index is -0.301. The molecule has 35 heavy (non-hydrogen) atoms. The smallest absolute Gasteiger partial charge is 0.0667 e. The highest BCUT2D eigenvalue weighted by atomic mass is 16.3. The summed E-state index contributed by atoms with van der Waals surface area (Å²) in [5, 5.41) is 31.5. The second-order valence-electron chi connectivity index (χ2n) is 10.2. The Morgan fingerprint density at radius 3 is 1.43 bits per heavy atom. The topological polar surface area (TPSA) is 106 Å². The van der Waals surface area contributed by atoms with E-state index >= 15 is 0 Å². The van der Waals surface area contributed by atoms with Gasteiger partial charge < -0.3 is 31.9 Å². The third-order valence-electron chi connectivity index (χ3n) is 6.60. The fourth-order valence-corrected chi connectivity index (χ4v) is 4.42. The van der Waals surface area contributed by atoms with Gasteiger partial charge in [-0.1, -0.05) is 90.9 Å². The highest BCUT2D eigenvalue weighted by Gasteiger charge is 2.15. The minimum Gasteiger partial charge on any atom is -0.392 e. The van der Waals surface area contributed by atoms with Crippen LogP contribution in [0.4, 0.5) is 0 Å². The third kappa shape index (κ3) is 26.6. The van der Waals surface area contributed by atoms with Gasteiger partial charge in [-0.15, -0.1) is 0 Å². The number of hydrogen-bond donors (Lipinski definition) is 6. The SMILES string of the molecule is CCCCCCCCC(O)CN(CCNCCNCCNCCN)CC(O)CCCCCCCC. The Bertz CT molecular complexity index is 380. The van der Waals surface area contributed by atoms with E-state index in [1.165, 1.54) is 64.2 Å². The maximum absolute atomic E-state index is 10.6. The van der Waals surface area contributed by atoms with E-state index in [0.29, 0.717) is 19.6 Å². The normalized spacial score (nSPS) is 13.5. The zero-order valence-corrected chi connectivity index (χ0v) is 23.5. The summed E-state index contributed by atoms with van der Waals surface area (Å²) in [4.78, 5) is 2.26. The molecule has 0 aromatic heterocycles. The maximum atomic E-state index is 10.6. The summed E-state index contributed by atoms with van der Waals surface area (Å²) in [7, 11) is 0. The zero-order valence-electron chi connectivity index (χ0n) is 23.5. The van der Waals surface area contributed by atoms with Crippen molar-refractivity contribution < 1.29 is 10.2 Å². The van der Waals surface area contributed by atoms with Gasteiger partial charge in [-0.3, -0.25) is 4.90 Å². The van der Waals surface area contributed by atoms with Crippen molar-refractivity contribution >= 4 is 0 Å².